The zero-order valence-electron chi connectivity index (χ0n) is 11.1. The molecule has 1 saturated carbocycles. The van der Waals surface area contributed by atoms with Crippen molar-refractivity contribution >= 4 is 9.84 Å². The molecule has 0 aromatic heterocycles. The largest absolute Gasteiger partial charge is 0.377 e. The van der Waals surface area contributed by atoms with Crippen molar-refractivity contribution < 1.29 is 13.2 Å². The standard InChI is InChI=1S/C13H25NO3S/c15-18(16)10-7-12(11-18)14-8-9-17-13-5-3-1-2-4-6-13/h12-14H,1-11H2. The zero-order valence-corrected chi connectivity index (χ0v) is 11.9. The van der Waals surface area contributed by atoms with Crippen molar-refractivity contribution in [3.63, 3.8) is 0 Å². The van der Waals surface area contributed by atoms with Crippen molar-refractivity contribution in [2.45, 2.75) is 57.1 Å². The normalized spacial score (nSPS) is 29.2. The van der Waals surface area contributed by atoms with Crippen LogP contribution in [-0.2, 0) is 14.6 Å². The number of nitrogens with one attached hydrogen (secondary N) is 1. The molecule has 0 amide bonds. The van der Waals surface area contributed by atoms with Crippen LogP contribution in [0.15, 0.2) is 0 Å². The van der Waals surface area contributed by atoms with Crippen LogP contribution in [0, 0.1) is 0 Å². The summed E-state index contributed by atoms with van der Waals surface area (Å²) in [5, 5.41) is 3.29. The van der Waals surface area contributed by atoms with Crippen LogP contribution in [0.1, 0.15) is 44.9 Å². The van der Waals surface area contributed by atoms with Gasteiger partial charge in [0, 0.05) is 12.6 Å². The molecular weight excluding hydrogens is 250 g/mol. The predicted octanol–water partition coefficient (Wildman–Crippen LogP) is 1.50. The monoisotopic (exact) mass is 275 g/mol. The molecular formula is C13H25NO3S. The highest BCUT2D eigenvalue weighted by Crippen LogP contribution is 2.19. The third kappa shape index (κ3) is 4.86. The van der Waals surface area contributed by atoms with Gasteiger partial charge < -0.3 is 10.1 Å². The zero-order chi connectivity index (χ0) is 12.8. The second-order valence-corrected chi connectivity index (χ2v) is 7.77. The molecule has 1 unspecified atom stereocenters. The lowest BCUT2D eigenvalue weighted by Gasteiger charge is -2.16. The van der Waals surface area contributed by atoms with E-state index in [1.54, 1.807) is 0 Å². The molecule has 1 aliphatic carbocycles. The van der Waals surface area contributed by atoms with Gasteiger partial charge in [-0.05, 0) is 19.3 Å². The van der Waals surface area contributed by atoms with Crippen molar-refractivity contribution in [1.29, 1.82) is 0 Å². The van der Waals surface area contributed by atoms with E-state index in [1.165, 1.54) is 38.5 Å². The fraction of sp³-hybridized carbons (Fsp3) is 1.00. The second kappa shape index (κ2) is 6.87. The Balaban J connectivity index is 1.56. The lowest BCUT2D eigenvalue weighted by molar-refractivity contribution is 0.0443. The Hall–Kier alpha value is -0.130. The summed E-state index contributed by atoms with van der Waals surface area (Å²) in [6.45, 7) is 1.48. The molecule has 0 spiro atoms. The van der Waals surface area contributed by atoms with Crippen molar-refractivity contribution in [3.05, 3.63) is 0 Å². The fourth-order valence-electron chi connectivity index (χ4n) is 2.85. The quantitative estimate of drug-likeness (QED) is 0.610. The highest BCUT2D eigenvalue weighted by molar-refractivity contribution is 7.91. The van der Waals surface area contributed by atoms with E-state index < -0.39 is 9.84 Å². The Morgan fingerprint density at radius 3 is 2.39 bits per heavy atom. The Morgan fingerprint density at radius 2 is 1.78 bits per heavy atom. The number of ether oxygens (including phenoxy) is 1. The number of hydrogen-bond donors (Lipinski definition) is 1. The average molecular weight is 275 g/mol. The minimum atomic E-state index is -2.76. The summed E-state index contributed by atoms with van der Waals surface area (Å²) in [5.41, 5.74) is 0. The molecule has 0 aromatic carbocycles. The molecule has 0 radical (unpaired) electrons. The van der Waals surface area contributed by atoms with E-state index in [-0.39, 0.29) is 6.04 Å². The molecule has 1 aliphatic heterocycles. The van der Waals surface area contributed by atoms with Crippen molar-refractivity contribution in [1.82, 2.24) is 5.32 Å². The summed E-state index contributed by atoms with van der Waals surface area (Å²) in [5.74, 6) is 0.643. The van der Waals surface area contributed by atoms with Crippen molar-refractivity contribution in [3.8, 4) is 0 Å². The third-order valence-corrected chi connectivity index (χ3v) is 5.69. The van der Waals surface area contributed by atoms with E-state index >= 15 is 0 Å². The van der Waals surface area contributed by atoms with Gasteiger partial charge in [-0.15, -0.1) is 0 Å². The minimum Gasteiger partial charge on any atom is -0.377 e. The molecule has 106 valence electrons. The van der Waals surface area contributed by atoms with Gasteiger partial charge in [-0.1, -0.05) is 25.7 Å². The topological polar surface area (TPSA) is 55.4 Å². The Bertz CT molecular complexity index is 334. The first-order valence-corrected chi connectivity index (χ1v) is 9.03. The van der Waals surface area contributed by atoms with E-state index in [2.05, 4.69) is 5.32 Å². The summed E-state index contributed by atoms with van der Waals surface area (Å²) >= 11 is 0. The van der Waals surface area contributed by atoms with Crippen LogP contribution < -0.4 is 5.32 Å². The Labute approximate surface area is 110 Å². The summed E-state index contributed by atoms with van der Waals surface area (Å²) in [4.78, 5) is 0. The van der Waals surface area contributed by atoms with Crippen LogP contribution in [0.2, 0.25) is 0 Å². The summed E-state index contributed by atoms with van der Waals surface area (Å²) < 4.78 is 28.4. The number of rotatable bonds is 5. The average Bonchev–Trinajstić information content (AvgIpc) is 2.55. The molecule has 2 rings (SSSR count). The van der Waals surface area contributed by atoms with Crippen LogP contribution in [-0.4, -0.2) is 45.2 Å². The molecule has 4 nitrogen and oxygen atoms in total. The lowest BCUT2D eigenvalue weighted by atomic mass is 10.1. The summed E-state index contributed by atoms with van der Waals surface area (Å²) in [6, 6.07) is 0.146. The van der Waals surface area contributed by atoms with Gasteiger partial charge in [0.2, 0.25) is 0 Å². The van der Waals surface area contributed by atoms with Crippen molar-refractivity contribution in [2.75, 3.05) is 24.7 Å². The van der Waals surface area contributed by atoms with Crippen LogP contribution in [0.5, 0.6) is 0 Å². The van der Waals surface area contributed by atoms with E-state index in [4.69, 9.17) is 4.74 Å². The first-order chi connectivity index (χ1) is 8.66. The molecule has 2 fully saturated rings. The second-order valence-electron chi connectivity index (χ2n) is 5.54. The van der Waals surface area contributed by atoms with E-state index in [9.17, 15) is 8.42 Å². The summed E-state index contributed by atoms with van der Waals surface area (Å²) in [7, 11) is -2.76. The third-order valence-electron chi connectivity index (χ3n) is 3.92. The van der Waals surface area contributed by atoms with E-state index in [1.807, 2.05) is 0 Å². The van der Waals surface area contributed by atoms with E-state index in [0.29, 0.717) is 24.2 Å². The Kier molecular flexibility index (Phi) is 5.45. The molecule has 18 heavy (non-hydrogen) atoms. The number of sulfone groups is 1. The Morgan fingerprint density at radius 1 is 1.06 bits per heavy atom. The fourth-order valence-corrected chi connectivity index (χ4v) is 4.56. The maximum absolute atomic E-state index is 11.3. The molecule has 0 aromatic rings. The van der Waals surface area contributed by atoms with Gasteiger partial charge >= 0.3 is 0 Å². The molecule has 1 atom stereocenters. The molecule has 0 bridgehead atoms. The maximum atomic E-state index is 11.3. The van der Waals surface area contributed by atoms with Crippen LogP contribution >= 0.6 is 0 Å². The molecule has 1 saturated heterocycles. The van der Waals surface area contributed by atoms with Gasteiger partial charge in [0.15, 0.2) is 9.84 Å². The first-order valence-electron chi connectivity index (χ1n) is 7.21. The predicted molar refractivity (Wildman–Crippen MR) is 72.5 cm³/mol. The smallest absolute Gasteiger partial charge is 0.151 e. The number of hydrogen-bond acceptors (Lipinski definition) is 4. The van der Waals surface area contributed by atoms with E-state index in [0.717, 1.165) is 13.0 Å². The highest BCUT2D eigenvalue weighted by Gasteiger charge is 2.27. The van der Waals surface area contributed by atoms with Gasteiger partial charge in [-0.2, -0.15) is 0 Å². The molecule has 1 N–H and O–H groups in total. The van der Waals surface area contributed by atoms with Gasteiger partial charge in [0.05, 0.1) is 24.2 Å². The maximum Gasteiger partial charge on any atom is 0.151 e. The lowest BCUT2D eigenvalue weighted by Crippen LogP contribution is -2.33. The first kappa shape index (κ1) is 14.3. The van der Waals surface area contributed by atoms with Crippen LogP contribution in [0.3, 0.4) is 0 Å². The van der Waals surface area contributed by atoms with Crippen LogP contribution in [0.4, 0.5) is 0 Å². The minimum absolute atomic E-state index is 0.146. The van der Waals surface area contributed by atoms with Gasteiger partial charge in [-0.25, -0.2) is 8.42 Å². The van der Waals surface area contributed by atoms with Crippen LogP contribution in [0.25, 0.3) is 0 Å². The molecule has 5 heteroatoms. The van der Waals surface area contributed by atoms with Gasteiger partial charge in [0.25, 0.3) is 0 Å². The molecule has 2 aliphatic rings. The van der Waals surface area contributed by atoms with Gasteiger partial charge in [-0.3, -0.25) is 0 Å². The molecule has 1 heterocycles. The van der Waals surface area contributed by atoms with Gasteiger partial charge in [0.1, 0.15) is 0 Å². The van der Waals surface area contributed by atoms with Crippen molar-refractivity contribution in [2.24, 2.45) is 0 Å². The SMILES string of the molecule is O=S1(=O)CCC(NCCOC2CCCCCC2)C1. The highest BCUT2D eigenvalue weighted by atomic mass is 32.2. The summed E-state index contributed by atoms with van der Waals surface area (Å²) in [6.07, 6.45) is 8.84.